The van der Waals surface area contributed by atoms with Gasteiger partial charge in [0.1, 0.15) is 72.8 Å². The second kappa shape index (κ2) is 58.9. The van der Waals surface area contributed by atoms with E-state index in [2.05, 4.69) is 55.8 Å². The highest BCUT2D eigenvalue weighted by molar-refractivity contribution is 6.43. The lowest BCUT2D eigenvalue weighted by Crippen LogP contribution is -2.69. The fraction of sp³-hybridized carbons (Fsp3) is 0.315. The largest absolute Gasteiger partial charge is 0.544 e. The van der Waals surface area contributed by atoms with Crippen LogP contribution < -0.4 is 90.8 Å². The molecule has 22 N–H and O–H groups in total. The van der Waals surface area contributed by atoms with Crippen LogP contribution in [0.2, 0.25) is 0 Å². The zero-order valence-electron chi connectivity index (χ0n) is 71.3. The van der Waals surface area contributed by atoms with Crippen LogP contribution in [-0.2, 0) is 119 Å². The number of oxime groups is 1. The van der Waals surface area contributed by atoms with E-state index < -0.39 is 107 Å². The van der Waals surface area contributed by atoms with Gasteiger partial charge < -0.3 is 128 Å². The van der Waals surface area contributed by atoms with E-state index in [1.807, 2.05) is 52.0 Å². The second-order valence-electron chi connectivity index (χ2n) is 28.6. The van der Waals surface area contributed by atoms with Crippen LogP contribution in [0.5, 0.6) is 11.5 Å². The molecule has 672 valence electrons. The Hall–Kier alpha value is -14.0. The van der Waals surface area contributed by atoms with Gasteiger partial charge in [-0.05, 0) is 121 Å². The van der Waals surface area contributed by atoms with Crippen molar-refractivity contribution in [3.8, 4) is 11.5 Å². The molecule has 0 heterocycles. The Balaban J connectivity index is 0.000000729. The van der Waals surface area contributed by atoms with Gasteiger partial charge >= 0.3 is 0 Å². The van der Waals surface area contributed by atoms with Crippen molar-refractivity contribution in [2.45, 2.75) is 169 Å². The zero-order chi connectivity index (χ0) is 94.6. The zero-order valence-corrected chi connectivity index (χ0v) is 71.3. The summed E-state index contributed by atoms with van der Waals surface area (Å²) in [5, 5.41) is 81.3. The minimum atomic E-state index is -1.21. The number of ketones is 7. The molecule has 0 aliphatic heterocycles. The molecular weight excluding hydrogens is 1630 g/mol. The van der Waals surface area contributed by atoms with Crippen molar-refractivity contribution in [1.82, 2.24) is 5.43 Å². The fourth-order valence-corrected chi connectivity index (χ4v) is 9.72. The summed E-state index contributed by atoms with van der Waals surface area (Å²) in [6.07, 6.45) is 5.27. The fourth-order valence-electron chi connectivity index (χ4n) is 9.72. The van der Waals surface area contributed by atoms with Gasteiger partial charge in [0.25, 0.3) is 0 Å². The average Bonchev–Trinajstić information content (AvgIpc) is 0.863. The Morgan fingerprint density at radius 1 is 0.376 bits per heavy atom. The molecule has 0 unspecified atom stereocenters. The normalized spacial score (nSPS) is 11.9. The lowest BCUT2D eigenvalue weighted by molar-refractivity contribution is -0.437. The van der Waals surface area contributed by atoms with E-state index in [4.69, 9.17) is 19.0 Å². The predicted molar refractivity (Wildman–Crippen MR) is 434 cm³/mol. The van der Waals surface area contributed by atoms with Gasteiger partial charge in [-0.1, -0.05) is 158 Å². The number of rotatable bonds is 41. The third-order valence-electron chi connectivity index (χ3n) is 16.5. The summed E-state index contributed by atoms with van der Waals surface area (Å²) in [5.41, 5.74) is 37.1. The summed E-state index contributed by atoms with van der Waals surface area (Å²) in [6, 6.07) is 42.2. The molecule has 125 heavy (non-hydrogen) atoms. The number of hydrogen-bond acceptors (Lipinski definition) is 28. The van der Waals surface area contributed by atoms with Crippen molar-refractivity contribution < 1.29 is 167 Å². The van der Waals surface area contributed by atoms with Crippen LogP contribution in [0.15, 0.2) is 192 Å². The second-order valence-corrected chi connectivity index (χ2v) is 28.6. The number of ether oxygens (including phenoxy) is 3. The Kier molecular flexibility index (Phi) is 51.3. The number of carbonyl (C=O) groups excluding carboxylic acids is 15. The van der Waals surface area contributed by atoms with E-state index in [1.165, 1.54) is 58.2 Å². The summed E-state index contributed by atoms with van der Waals surface area (Å²) >= 11 is 0. The van der Waals surface area contributed by atoms with Crippen LogP contribution >= 0.6 is 0 Å². The van der Waals surface area contributed by atoms with Crippen molar-refractivity contribution in [2.24, 2.45) is 10.3 Å². The number of amides is 1. The molecule has 7 rings (SSSR count). The van der Waals surface area contributed by atoms with E-state index in [9.17, 15) is 108 Å². The third kappa shape index (κ3) is 48.9. The first-order chi connectivity index (χ1) is 58.7. The van der Waals surface area contributed by atoms with Crippen molar-refractivity contribution in [3.63, 3.8) is 0 Å². The molecule has 36 heteroatoms. The number of nitrogens with one attached hydrogen (secondary N) is 1. The lowest BCUT2D eigenvalue weighted by Gasteiger charge is -2.10. The summed E-state index contributed by atoms with van der Waals surface area (Å²) in [4.78, 5) is 167. The smallest absolute Gasteiger partial charge is 0.236 e. The Bertz CT molecular complexity index is 4780. The van der Waals surface area contributed by atoms with Crippen molar-refractivity contribution in [1.29, 1.82) is 0 Å². The number of carboxylic acid groups (broad SMARTS) is 7. The van der Waals surface area contributed by atoms with Crippen LogP contribution in [0.4, 0.5) is 0 Å². The molecule has 7 aromatic carbocycles. The number of carbonyl (C=O) groups is 15. The van der Waals surface area contributed by atoms with Crippen LogP contribution in [-0.4, -0.2) is 156 Å². The topological polar surface area (TPSA) is 685 Å². The number of hydrazone groups is 1. The van der Waals surface area contributed by atoms with Gasteiger partial charge in [0.05, 0.1) is 66.4 Å². The van der Waals surface area contributed by atoms with E-state index >= 15 is 0 Å². The molecule has 0 saturated heterocycles. The predicted octanol–water partition coefficient (Wildman–Crippen LogP) is -8.15. The molecule has 0 bridgehead atoms. The SMILES string of the molecule is CC(=O)C(=O)c1ccc(C[C@H]([NH3+])C(=O)[O-])cc1.CC(=O)CC(=O)c1ccc(C[C@H]([NH3+])C(=O)[O-])cc1.CC(=O)COc1ccc(C[C@H]([NH3+])C(=O)[O-])cc1.CC(=O)N/N=C/c1ccc(C[C@H]([NH3+])C(=O)[O-])cc1.CC(C)=COCOc1ccc(C[C@H]([NH3+])C(=O)[O-])cc1.CC(C)=NOCc1ccc(C[C@H]([NH3+])C(=O)[O-])cc1.CCC(=O)C(=O)c1ccc(C[C@H]([NH3+])C(=O)[O-])cc1. The Morgan fingerprint density at radius 3 is 0.960 bits per heavy atom. The number of quaternary nitrogens is 7. The lowest BCUT2D eigenvalue weighted by atomic mass is 10.0. The minimum absolute atomic E-state index is 0.0380. The van der Waals surface area contributed by atoms with Gasteiger partial charge in [-0.3, -0.25) is 38.4 Å². The maximum atomic E-state index is 11.6. The number of benzene rings is 7. The number of carboxylic acids is 7. The monoisotopic (exact) mass is 1730 g/mol. The Morgan fingerprint density at radius 2 is 0.672 bits per heavy atom. The van der Waals surface area contributed by atoms with E-state index in [1.54, 1.807) is 135 Å². The molecule has 0 spiro atoms. The standard InChI is InChI=1S/C14H19NO4.C13H18N2O3.2C13H15NO4.C12H15N3O3.C12H15NO4.C12H13NO4/c1-10(2)8-18-9-19-12-5-3-11(4-6-12)7-13(15)14(16)17;1-9(2)15-18-8-11-5-3-10(4-6-11)7-12(14)13(16)17;1-8(15)6-12(16)10-4-2-9(3-5-10)7-11(14)13(17)18;1-2-11(15)12(16)9-5-3-8(4-6-9)7-10(14)13(17)18;1-8(16)15-14-7-10-4-2-9(3-5-10)6-11(13)12(17)18;1-8(14)7-17-10-4-2-9(3-5-10)6-11(13)12(15)16;1-7(14)11(15)9-4-2-8(3-5-9)6-10(13)12(16)17/h3-6,8,13H,7,9,15H2,1-2H3,(H,16,17);3-6,12H,7-8,14H2,1-2H3,(H,16,17);2-5,11H,6-7,14H2,1H3,(H,17,18);3-6,10H,2,7,14H2,1H3,(H,17,18);2-5,7,11H,6,13H2,1H3,(H,15,16)(H,17,18);2-5,11H,6-7,13H2,1H3,(H,15,16);2-5,10H,6,13H2,1H3,(H,16,17)/b;;;;14-7+;;/t13-;12-;11-;10-;2*11-;10-/m0000000/s1. The van der Waals surface area contributed by atoms with E-state index in [-0.39, 0.29) is 68.8 Å². The molecule has 0 radical (unpaired) electrons. The highest BCUT2D eigenvalue weighted by Gasteiger charge is 2.19. The number of nitrogens with zero attached hydrogens (tertiary/aromatic N) is 2. The molecule has 0 aromatic heterocycles. The van der Waals surface area contributed by atoms with Gasteiger partial charge in [-0.15, -0.1) is 0 Å². The maximum absolute atomic E-state index is 11.6. The summed E-state index contributed by atoms with van der Waals surface area (Å²) < 4.78 is 15.7. The van der Waals surface area contributed by atoms with Crippen LogP contribution in [0.1, 0.15) is 156 Å². The van der Waals surface area contributed by atoms with Crippen molar-refractivity contribution >= 4 is 100 Å². The van der Waals surface area contributed by atoms with Gasteiger partial charge in [0.2, 0.25) is 30.0 Å². The van der Waals surface area contributed by atoms with Crippen molar-refractivity contribution in [2.75, 3.05) is 13.4 Å². The first-order valence-electron chi connectivity index (χ1n) is 38.7. The minimum Gasteiger partial charge on any atom is -0.544 e. The van der Waals surface area contributed by atoms with Crippen LogP contribution in [0, 0.1) is 0 Å². The molecule has 36 nitrogen and oxygen atoms in total. The molecule has 7 atom stereocenters. The van der Waals surface area contributed by atoms with E-state index in [0.29, 0.717) is 60.5 Å². The number of hydrogen-bond donors (Lipinski definition) is 8. The molecule has 7 aromatic rings. The van der Waals surface area contributed by atoms with Gasteiger partial charge in [-0.2, -0.15) is 5.10 Å². The molecule has 0 aliphatic rings. The van der Waals surface area contributed by atoms with Crippen LogP contribution in [0.3, 0.4) is 0 Å². The van der Waals surface area contributed by atoms with Gasteiger partial charge in [0.15, 0.2) is 17.3 Å². The third-order valence-corrected chi connectivity index (χ3v) is 16.5. The molecule has 0 saturated carbocycles. The molecule has 0 fully saturated rings. The quantitative estimate of drug-likeness (QED) is 0.00258. The number of Topliss-reactive ketones (excluding diaryl/α,β-unsaturated/α-hetero) is 7. The Labute approximate surface area is 721 Å². The molecule has 1 amide bonds. The number of aliphatic carboxylic acids is 7. The first-order valence-corrected chi connectivity index (χ1v) is 38.7. The van der Waals surface area contributed by atoms with Crippen LogP contribution in [0.25, 0.3) is 0 Å². The van der Waals surface area contributed by atoms with Gasteiger partial charge in [0, 0.05) is 81.9 Å². The number of allylic oxidation sites excluding steroid dienone is 1. The molecular formula is C89H110N10O26. The molecule has 0 aliphatic carbocycles. The first kappa shape index (κ1) is 109. The summed E-state index contributed by atoms with van der Waals surface area (Å²) in [7, 11) is 0. The highest BCUT2D eigenvalue weighted by atomic mass is 16.7. The summed E-state index contributed by atoms with van der Waals surface area (Å²) in [6.45, 7) is 15.2. The highest BCUT2D eigenvalue weighted by Crippen LogP contribution is 2.17. The summed E-state index contributed by atoms with van der Waals surface area (Å²) in [5.74, 6) is -9.72. The van der Waals surface area contributed by atoms with Gasteiger partial charge in [-0.25, -0.2) is 5.43 Å². The maximum Gasteiger partial charge on any atom is 0.236 e. The van der Waals surface area contributed by atoms with Crippen molar-refractivity contribution in [3.05, 3.63) is 248 Å². The van der Waals surface area contributed by atoms with E-state index in [0.717, 1.165) is 61.4 Å². The average molecular weight is 1740 g/mol.